The van der Waals surface area contributed by atoms with Crippen molar-refractivity contribution in [2.75, 3.05) is 19.6 Å². The van der Waals surface area contributed by atoms with E-state index < -0.39 is 6.10 Å². The first kappa shape index (κ1) is 15.9. The summed E-state index contributed by atoms with van der Waals surface area (Å²) in [6, 6.07) is 1.75. The van der Waals surface area contributed by atoms with Gasteiger partial charge in [-0.1, -0.05) is 19.0 Å². The number of hydrogen-bond acceptors (Lipinski definition) is 6. The maximum Gasteiger partial charge on any atom is 0.259 e. The molecule has 1 aliphatic rings. The molecule has 0 aromatic carbocycles. The summed E-state index contributed by atoms with van der Waals surface area (Å²) in [5.74, 6) is -0.0257. The number of aliphatic hydroxyl groups is 1. The highest BCUT2D eigenvalue weighted by Crippen LogP contribution is 2.27. The summed E-state index contributed by atoms with van der Waals surface area (Å²) in [7, 11) is 0. The van der Waals surface area contributed by atoms with E-state index in [1.807, 2.05) is 20.8 Å². The Morgan fingerprint density at radius 1 is 1.52 bits per heavy atom. The van der Waals surface area contributed by atoms with Gasteiger partial charge in [0.1, 0.15) is 0 Å². The Bertz CT molecular complexity index is 725. The molecular formula is C16H22N4O3. The van der Waals surface area contributed by atoms with Crippen LogP contribution in [0.4, 0.5) is 0 Å². The van der Waals surface area contributed by atoms with Crippen molar-refractivity contribution in [3.63, 3.8) is 0 Å². The van der Waals surface area contributed by atoms with Crippen LogP contribution < -0.4 is 10.6 Å². The SMILES string of the molecule is Cc1cc(C(=O)NCC2CNCC2O)c2c(C(C)C)noc2n1. The smallest absolute Gasteiger partial charge is 0.259 e. The molecule has 1 aliphatic heterocycles. The van der Waals surface area contributed by atoms with E-state index in [-0.39, 0.29) is 17.7 Å². The molecule has 1 amide bonds. The zero-order valence-electron chi connectivity index (χ0n) is 13.6. The largest absolute Gasteiger partial charge is 0.391 e. The van der Waals surface area contributed by atoms with Crippen molar-refractivity contribution in [1.82, 2.24) is 20.8 Å². The fourth-order valence-electron chi connectivity index (χ4n) is 2.92. The van der Waals surface area contributed by atoms with Gasteiger partial charge in [0.05, 0.1) is 22.7 Å². The molecule has 1 saturated heterocycles. The summed E-state index contributed by atoms with van der Waals surface area (Å²) in [4.78, 5) is 16.9. The van der Waals surface area contributed by atoms with Crippen LogP contribution in [0, 0.1) is 12.8 Å². The minimum absolute atomic E-state index is 0.0319. The number of pyridine rings is 1. The molecule has 0 saturated carbocycles. The molecule has 3 N–H and O–H groups in total. The number of nitrogens with zero attached hydrogens (tertiary/aromatic N) is 2. The topological polar surface area (TPSA) is 100 Å². The fraction of sp³-hybridized carbons (Fsp3) is 0.562. The lowest BCUT2D eigenvalue weighted by Crippen LogP contribution is -2.34. The lowest BCUT2D eigenvalue weighted by molar-refractivity contribution is 0.0928. The number of fused-ring (bicyclic) bond motifs is 1. The molecular weight excluding hydrogens is 296 g/mol. The Balaban J connectivity index is 1.88. The number of hydrogen-bond donors (Lipinski definition) is 3. The van der Waals surface area contributed by atoms with Gasteiger partial charge in [-0.25, -0.2) is 4.98 Å². The predicted octanol–water partition coefficient (Wildman–Crippen LogP) is 0.965. The highest BCUT2D eigenvalue weighted by Gasteiger charge is 2.26. The number of amides is 1. The number of β-amino-alcohol motifs (C(OH)–C–C–N with tert-alkyl or cyclic N) is 1. The van der Waals surface area contributed by atoms with Gasteiger partial charge < -0.3 is 20.3 Å². The van der Waals surface area contributed by atoms with E-state index in [1.54, 1.807) is 6.07 Å². The monoisotopic (exact) mass is 318 g/mol. The van der Waals surface area contributed by atoms with Gasteiger partial charge in [0, 0.05) is 31.2 Å². The Hall–Kier alpha value is -1.99. The van der Waals surface area contributed by atoms with E-state index in [2.05, 4.69) is 20.8 Å². The Morgan fingerprint density at radius 2 is 2.30 bits per heavy atom. The van der Waals surface area contributed by atoms with Crippen molar-refractivity contribution in [1.29, 1.82) is 0 Å². The zero-order valence-corrected chi connectivity index (χ0v) is 13.6. The maximum absolute atomic E-state index is 12.6. The quantitative estimate of drug-likeness (QED) is 0.776. The summed E-state index contributed by atoms with van der Waals surface area (Å²) >= 11 is 0. The second-order valence-corrected chi connectivity index (χ2v) is 6.41. The summed E-state index contributed by atoms with van der Waals surface area (Å²) in [5, 5.41) is 20.6. The molecule has 2 unspecified atom stereocenters. The van der Waals surface area contributed by atoms with Crippen LogP contribution in [0.3, 0.4) is 0 Å². The molecule has 7 heteroatoms. The molecule has 2 atom stereocenters. The van der Waals surface area contributed by atoms with Gasteiger partial charge >= 0.3 is 0 Å². The first-order chi connectivity index (χ1) is 11.0. The molecule has 0 radical (unpaired) electrons. The van der Waals surface area contributed by atoms with E-state index in [0.29, 0.717) is 42.0 Å². The molecule has 1 fully saturated rings. The van der Waals surface area contributed by atoms with Gasteiger partial charge in [-0.2, -0.15) is 0 Å². The average molecular weight is 318 g/mol. The molecule has 124 valence electrons. The normalized spacial score (nSPS) is 21.3. The van der Waals surface area contributed by atoms with Gasteiger partial charge in [0.25, 0.3) is 11.6 Å². The zero-order chi connectivity index (χ0) is 16.6. The molecule has 7 nitrogen and oxygen atoms in total. The molecule has 2 aromatic heterocycles. The lowest BCUT2D eigenvalue weighted by atomic mass is 10.0. The fourth-order valence-corrected chi connectivity index (χ4v) is 2.92. The highest BCUT2D eigenvalue weighted by molar-refractivity contribution is 6.06. The van der Waals surface area contributed by atoms with Crippen LogP contribution in [0.5, 0.6) is 0 Å². The van der Waals surface area contributed by atoms with Crippen molar-refractivity contribution in [2.45, 2.75) is 32.8 Å². The van der Waals surface area contributed by atoms with Crippen molar-refractivity contribution in [2.24, 2.45) is 5.92 Å². The van der Waals surface area contributed by atoms with E-state index >= 15 is 0 Å². The van der Waals surface area contributed by atoms with Crippen molar-refractivity contribution >= 4 is 17.0 Å². The number of aliphatic hydroxyl groups excluding tert-OH is 1. The molecule has 3 rings (SSSR count). The van der Waals surface area contributed by atoms with Crippen LogP contribution in [-0.2, 0) is 0 Å². The van der Waals surface area contributed by atoms with Crippen molar-refractivity contribution in [3.8, 4) is 0 Å². The first-order valence-electron chi connectivity index (χ1n) is 7.91. The van der Waals surface area contributed by atoms with Gasteiger partial charge in [-0.05, 0) is 18.9 Å². The minimum Gasteiger partial charge on any atom is -0.391 e. The second-order valence-electron chi connectivity index (χ2n) is 6.41. The second kappa shape index (κ2) is 6.25. The van der Waals surface area contributed by atoms with E-state index in [9.17, 15) is 9.90 Å². The molecule has 0 aliphatic carbocycles. The third-order valence-electron chi connectivity index (χ3n) is 4.22. The highest BCUT2D eigenvalue weighted by atomic mass is 16.5. The molecule has 0 spiro atoms. The summed E-state index contributed by atoms with van der Waals surface area (Å²) in [5.41, 5.74) is 2.36. The minimum atomic E-state index is -0.420. The van der Waals surface area contributed by atoms with Gasteiger partial charge in [0.15, 0.2) is 0 Å². The van der Waals surface area contributed by atoms with Crippen LogP contribution in [0.2, 0.25) is 0 Å². The van der Waals surface area contributed by atoms with E-state index in [4.69, 9.17) is 4.52 Å². The summed E-state index contributed by atoms with van der Waals surface area (Å²) in [6.45, 7) is 7.52. The average Bonchev–Trinajstić information content (AvgIpc) is 3.09. The number of rotatable bonds is 4. The van der Waals surface area contributed by atoms with E-state index in [1.165, 1.54) is 0 Å². The number of nitrogens with one attached hydrogen (secondary N) is 2. The third kappa shape index (κ3) is 3.07. The predicted molar refractivity (Wildman–Crippen MR) is 85.3 cm³/mol. The van der Waals surface area contributed by atoms with Crippen LogP contribution >= 0.6 is 0 Å². The number of aromatic nitrogens is 2. The molecule has 2 aromatic rings. The van der Waals surface area contributed by atoms with Crippen LogP contribution in [0.1, 0.15) is 41.5 Å². The lowest BCUT2D eigenvalue weighted by Gasteiger charge is -2.14. The molecule has 3 heterocycles. The van der Waals surface area contributed by atoms with Crippen LogP contribution in [-0.4, -0.2) is 46.9 Å². The van der Waals surface area contributed by atoms with Gasteiger partial charge in [0.2, 0.25) is 0 Å². The van der Waals surface area contributed by atoms with Gasteiger partial charge in [-0.15, -0.1) is 0 Å². The number of aryl methyl sites for hydroxylation is 1. The summed E-state index contributed by atoms with van der Waals surface area (Å²) < 4.78 is 5.29. The van der Waals surface area contributed by atoms with Crippen LogP contribution in [0.25, 0.3) is 11.1 Å². The summed E-state index contributed by atoms with van der Waals surface area (Å²) in [6.07, 6.45) is -0.420. The van der Waals surface area contributed by atoms with E-state index in [0.717, 1.165) is 5.69 Å². The Morgan fingerprint density at radius 3 is 2.96 bits per heavy atom. The maximum atomic E-state index is 12.6. The van der Waals surface area contributed by atoms with Crippen molar-refractivity contribution < 1.29 is 14.4 Å². The first-order valence-corrected chi connectivity index (χ1v) is 7.91. The standard InChI is InChI=1S/C16H22N4O3/c1-8(2)14-13-11(4-9(3)19-16(13)23-20-14)15(22)18-6-10-5-17-7-12(10)21/h4,8,10,12,17,21H,5-7H2,1-3H3,(H,18,22). The Kier molecular flexibility index (Phi) is 4.32. The van der Waals surface area contributed by atoms with Gasteiger partial charge in [-0.3, -0.25) is 4.79 Å². The van der Waals surface area contributed by atoms with Crippen LogP contribution in [0.15, 0.2) is 10.6 Å². The third-order valence-corrected chi connectivity index (χ3v) is 4.22. The number of carbonyl (C=O) groups is 1. The molecule has 0 bridgehead atoms. The van der Waals surface area contributed by atoms with Crippen molar-refractivity contribution in [3.05, 3.63) is 23.0 Å². The molecule has 23 heavy (non-hydrogen) atoms. The number of carbonyl (C=O) groups excluding carboxylic acids is 1. The Labute approximate surface area is 134 Å².